The summed E-state index contributed by atoms with van der Waals surface area (Å²) in [7, 11) is 0. The van der Waals surface area contributed by atoms with Gasteiger partial charge in [0.25, 0.3) is 0 Å². The average molecular weight is 344 g/mol. The van der Waals surface area contributed by atoms with Gasteiger partial charge in [0.05, 0.1) is 0 Å². The molecule has 0 radical (unpaired) electrons. The van der Waals surface area contributed by atoms with E-state index in [1.807, 2.05) is 0 Å². The Labute approximate surface area is 153 Å². The summed E-state index contributed by atoms with van der Waals surface area (Å²) in [4.78, 5) is 0. The van der Waals surface area contributed by atoms with Crippen molar-refractivity contribution in [2.45, 2.75) is 89.2 Å². The summed E-state index contributed by atoms with van der Waals surface area (Å²) in [5, 5.41) is 11.7. The first-order valence-corrected chi connectivity index (χ1v) is 11.2. The average Bonchev–Trinajstić information content (AvgIpc) is 2.63. The quantitative estimate of drug-likeness (QED) is 0.428. The number of nitriles is 1. The standard InChI is InChI=1S/C22H33NS/c1-17-2-4-18(5-3-17)6-7-19-8-10-20(11-9-19)21-12-14-22(15-13-21)24-16-23/h17-22H,2-5,8-15H2,1H3. The molecule has 0 aromatic carbocycles. The summed E-state index contributed by atoms with van der Waals surface area (Å²) in [6.07, 6.45) is 16.2. The van der Waals surface area contributed by atoms with Crippen LogP contribution in [0.4, 0.5) is 0 Å². The molecule has 0 saturated heterocycles. The normalized spacial score (nSPS) is 40.2. The van der Waals surface area contributed by atoms with Gasteiger partial charge in [0, 0.05) is 17.1 Å². The molecule has 0 atom stereocenters. The number of hydrogen-bond acceptors (Lipinski definition) is 2. The van der Waals surface area contributed by atoms with Crippen LogP contribution in [0.25, 0.3) is 0 Å². The topological polar surface area (TPSA) is 23.8 Å². The highest BCUT2D eigenvalue weighted by molar-refractivity contribution is 8.04. The first-order chi connectivity index (χ1) is 11.7. The predicted molar refractivity (Wildman–Crippen MR) is 103 cm³/mol. The van der Waals surface area contributed by atoms with Crippen molar-refractivity contribution >= 4 is 11.8 Å². The molecule has 0 spiro atoms. The lowest BCUT2D eigenvalue weighted by molar-refractivity contribution is 0.184. The van der Waals surface area contributed by atoms with Gasteiger partial charge in [-0.1, -0.05) is 18.8 Å². The van der Waals surface area contributed by atoms with Crippen LogP contribution in [0.3, 0.4) is 0 Å². The maximum Gasteiger partial charge on any atom is 0.133 e. The highest BCUT2D eigenvalue weighted by Gasteiger charge is 2.30. The Morgan fingerprint density at radius 3 is 1.62 bits per heavy atom. The number of thiocyanates is 1. The lowest BCUT2D eigenvalue weighted by Gasteiger charge is -2.36. The van der Waals surface area contributed by atoms with Crippen LogP contribution in [-0.2, 0) is 0 Å². The van der Waals surface area contributed by atoms with Crippen LogP contribution < -0.4 is 0 Å². The van der Waals surface area contributed by atoms with Crippen molar-refractivity contribution in [2.75, 3.05) is 0 Å². The minimum atomic E-state index is 0.617. The highest BCUT2D eigenvalue weighted by atomic mass is 32.2. The van der Waals surface area contributed by atoms with E-state index >= 15 is 0 Å². The van der Waals surface area contributed by atoms with Crippen LogP contribution in [0.5, 0.6) is 0 Å². The van der Waals surface area contributed by atoms with Gasteiger partial charge in [0.2, 0.25) is 0 Å². The summed E-state index contributed by atoms with van der Waals surface area (Å²) < 4.78 is 0. The van der Waals surface area contributed by atoms with Crippen LogP contribution >= 0.6 is 11.8 Å². The van der Waals surface area contributed by atoms with Gasteiger partial charge < -0.3 is 0 Å². The molecule has 0 N–H and O–H groups in total. The van der Waals surface area contributed by atoms with Crippen molar-refractivity contribution in [3.63, 3.8) is 0 Å². The third-order valence-corrected chi connectivity index (χ3v) is 7.79. The molecule has 0 aromatic heterocycles. The fraction of sp³-hybridized carbons (Fsp3) is 0.864. The number of thioether (sulfide) groups is 1. The highest BCUT2D eigenvalue weighted by Crippen LogP contribution is 2.42. The minimum Gasteiger partial charge on any atom is -0.185 e. The molecular weight excluding hydrogens is 310 g/mol. The molecule has 24 heavy (non-hydrogen) atoms. The van der Waals surface area contributed by atoms with Crippen molar-refractivity contribution < 1.29 is 0 Å². The second kappa shape index (κ2) is 9.20. The largest absolute Gasteiger partial charge is 0.185 e. The molecule has 3 saturated carbocycles. The SMILES string of the molecule is CC1CCC(C#CC2CCC(C3CCC(SC#N)CC3)CC2)CC1. The zero-order valence-corrected chi connectivity index (χ0v) is 16.1. The molecule has 0 unspecified atom stereocenters. The molecule has 132 valence electrons. The number of rotatable bonds is 2. The van der Waals surface area contributed by atoms with E-state index in [0.717, 1.165) is 17.8 Å². The van der Waals surface area contributed by atoms with Gasteiger partial charge >= 0.3 is 0 Å². The Balaban J connectivity index is 1.38. The smallest absolute Gasteiger partial charge is 0.133 e. The lowest BCUT2D eigenvalue weighted by atomic mass is 9.71. The van der Waals surface area contributed by atoms with Crippen molar-refractivity contribution in [1.29, 1.82) is 5.26 Å². The van der Waals surface area contributed by atoms with E-state index in [4.69, 9.17) is 5.26 Å². The molecule has 0 aliphatic heterocycles. The van der Waals surface area contributed by atoms with Crippen molar-refractivity contribution in [3.05, 3.63) is 0 Å². The van der Waals surface area contributed by atoms with E-state index in [2.05, 4.69) is 24.2 Å². The maximum absolute atomic E-state index is 8.82. The first kappa shape index (κ1) is 18.2. The molecule has 2 heteroatoms. The molecule has 0 amide bonds. The van der Waals surface area contributed by atoms with Gasteiger partial charge in [-0.05, 0) is 107 Å². The third-order valence-electron chi connectivity index (χ3n) is 6.88. The zero-order chi connectivity index (χ0) is 16.8. The van der Waals surface area contributed by atoms with Crippen molar-refractivity contribution in [1.82, 2.24) is 0 Å². The number of nitrogens with zero attached hydrogens (tertiary/aromatic N) is 1. The molecule has 0 bridgehead atoms. The van der Waals surface area contributed by atoms with Crippen LogP contribution in [-0.4, -0.2) is 5.25 Å². The Morgan fingerprint density at radius 1 is 0.667 bits per heavy atom. The summed E-state index contributed by atoms with van der Waals surface area (Å²) in [5.41, 5.74) is 0. The van der Waals surface area contributed by atoms with Gasteiger partial charge in [-0.25, -0.2) is 0 Å². The fourth-order valence-electron chi connectivity index (χ4n) is 5.13. The van der Waals surface area contributed by atoms with E-state index in [1.165, 1.54) is 88.8 Å². The zero-order valence-electron chi connectivity index (χ0n) is 15.3. The maximum atomic E-state index is 8.82. The Kier molecular flexibility index (Phi) is 6.97. The summed E-state index contributed by atoms with van der Waals surface area (Å²) in [6.45, 7) is 2.39. The second-order valence-electron chi connectivity index (χ2n) is 8.60. The van der Waals surface area contributed by atoms with Gasteiger partial charge in [0.1, 0.15) is 5.40 Å². The first-order valence-electron chi connectivity index (χ1n) is 10.3. The van der Waals surface area contributed by atoms with Crippen LogP contribution in [0.1, 0.15) is 84.0 Å². The fourth-order valence-corrected chi connectivity index (χ4v) is 5.78. The summed E-state index contributed by atoms with van der Waals surface area (Å²) in [5.74, 6) is 11.5. The van der Waals surface area contributed by atoms with Gasteiger partial charge in [-0.2, -0.15) is 5.26 Å². The monoisotopic (exact) mass is 343 g/mol. The van der Waals surface area contributed by atoms with Crippen molar-refractivity contribution in [3.8, 4) is 17.2 Å². The van der Waals surface area contributed by atoms with E-state index in [1.54, 1.807) is 0 Å². The van der Waals surface area contributed by atoms with Crippen LogP contribution in [0.15, 0.2) is 0 Å². The molecule has 3 fully saturated rings. The molecule has 0 heterocycles. The van der Waals surface area contributed by atoms with Gasteiger partial charge in [-0.15, -0.1) is 0 Å². The number of hydrogen-bond donors (Lipinski definition) is 0. The molecule has 3 rings (SSSR count). The summed E-state index contributed by atoms with van der Waals surface area (Å²) >= 11 is 1.51. The predicted octanol–water partition coefficient (Wildman–Crippen LogP) is 6.40. The lowest BCUT2D eigenvalue weighted by Crippen LogP contribution is -2.26. The molecule has 0 aromatic rings. The van der Waals surface area contributed by atoms with Crippen LogP contribution in [0.2, 0.25) is 0 Å². The third kappa shape index (κ3) is 5.20. The van der Waals surface area contributed by atoms with E-state index in [-0.39, 0.29) is 0 Å². The second-order valence-corrected chi connectivity index (χ2v) is 9.69. The summed E-state index contributed by atoms with van der Waals surface area (Å²) in [6, 6.07) is 0. The molecular formula is C22H33NS. The van der Waals surface area contributed by atoms with Crippen LogP contribution in [0, 0.1) is 52.1 Å². The van der Waals surface area contributed by atoms with Crippen molar-refractivity contribution in [2.24, 2.45) is 29.6 Å². The minimum absolute atomic E-state index is 0.617. The van der Waals surface area contributed by atoms with Gasteiger partial charge in [-0.3, -0.25) is 0 Å². The van der Waals surface area contributed by atoms with E-state index in [0.29, 0.717) is 17.1 Å². The molecule has 3 aliphatic rings. The molecule has 1 nitrogen and oxygen atoms in total. The van der Waals surface area contributed by atoms with E-state index in [9.17, 15) is 0 Å². The Bertz CT molecular complexity index is 472. The Hall–Kier alpha value is -0.600. The van der Waals surface area contributed by atoms with Gasteiger partial charge in [0.15, 0.2) is 0 Å². The van der Waals surface area contributed by atoms with E-state index < -0.39 is 0 Å². The Morgan fingerprint density at radius 2 is 1.12 bits per heavy atom. The molecule has 3 aliphatic carbocycles.